The number of rotatable bonds is 0. The Balaban J connectivity index is 2.60. The Hall–Kier alpha value is -1.67. The molecule has 2 aromatic heterocycles. The molecule has 0 saturated carbocycles. The van der Waals surface area contributed by atoms with Crippen molar-refractivity contribution in [2.24, 2.45) is 0 Å². The normalized spacial score (nSPS) is 11.0. The molecule has 0 N–H and O–H groups in total. The van der Waals surface area contributed by atoms with E-state index in [1.165, 1.54) is 0 Å². The molecule has 3 rings (SSSR count). The van der Waals surface area contributed by atoms with Gasteiger partial charge in [-0.05, 0) is 30.3 Å². The molecule has 0 radical (unpaired) electrons. The molecule has 0 aliphatic rings. The van der Waals surface area contributed by atoms with E-state index in [1.807, 2.05) is 24.3 Å². The minimum absolute atomic E-state index is 0.728. The van der Waals surface area contributed by atoms with Crippen LogP contribution >= 0.6 is 11.6 Å². The van der Waals surface area contributed by atoms with Crippen LogP contribution in [0, 0.1) is 0 Å². The molecule has 15 heavy (non-hydrogen) atoms. The average molecular weight is 215 g/mol. The van der Waals surface area contributed by atoms with Gasteiger partial charge >= 0.3 is 0 Å². The topological polar surface area (TPSA) is 25.8 Å². The smallest absolute Gasteiger partial charge is 0.0810 e. The van der Waals surface area contributed by atoms with Crippen LogP contribution in [0.15, 0.2) is 42.7 Å². The van der Waals surface area contributed by atoms with Gasteiger partial charge < -0.3 is 0 Å². The number of benzene rings is 1. The Labute approximate surface area is 91.5 Å². The van der Waals surface area contributed by atoms with Crippen molar-refractivity contribution >= 4 is 33.4 Å². The highest BCUT2D eigenvalue weighted by Gasteiger charge is 2.03. The zero-order valence-corrected chi connectivity index (χ0v) is 8.57. The van der Waals surface area contributed by atoms with E-state index in [-0.39, 0.29) is 0 Å². The Morgan fingerprint density at radius 2 is 1.80 bits per heavy atom. The van der Waals surface area contributed by atoms with Gasteiger partial charge in [-0.2, -0.15) is 0 Å². The zero-order valence-electron chi connectivity index (χ0n) is 7.81. The number of pyridine rings is 2. The van der Waals surface area contributed by atoms with Gasteiger partial charge in [0.25, 0.3) is 0 Å². The lowest BCUT2D eigenvalue weighted by atomic mass is 10.1. The van der Waals surface area contributed by atoms with E-state index in [4.69, 9.17) is 11.6 Å². The molecule has 3 aromatic rings. The Kier molecular flexibility index (Phi) is 1.82. The van der Waals surface area contributed by atoms with Crippen LogP contribution in [0.3, 0.4) is 0 Å². The molecule has 0 unspecified atom stereocenters. The number of nitrogens with zero attached hydrogens (tertiary/aromatic N) is 2. The minimum atomic E-state index is 0.728. The summed E-state index contributed by atoms with van der Waals surface area (Å²) in [6.45, 7) is 0. The van der Waals surface area contributed by atoms with Gasteiger partial charge in [-0.1, -0.05) is 11.6 Å². The summed E-state index contributed by atoms with van der Waals surface area (Å²) in [5.41, 5.74) is 1.85. The summed E-state index contributed by atoms with van der Waals surface area (Å²) in [6, 6.07) is 9.63. The highest BCUT2D eigenvalue weighted by atomic mass is 35.5. The lowest BCUT2D eigenvalue weighted by Gasteiger charge is -2.02. The van der Waals surface area contributed by atoms with Crippen molar-refractivity contribution in [3.63, 3.8) is 0 Å². The fraction of sp³-hybridized carbons (Fsp3) is 0. The van der Waals surface area contributed by atoms with E-state index in [9.17, 15) is 0 Å². The number of halogens is 1. The van der Waals surface area contributed by atoms with Gasteiger partial charge in [0.15, 0.2) is 0 Å². The summed E-state index contributed by atoms with van der Waals surface area (Å²) in [5.74, 6) is 0. The number of hydrogen-bond acceptors (Lipinski definition) is 2. The minimum Gasteiger partial charge on any atom is -0.256 e. The fourth-order valence-electron chi connectivity index (χ4n) is 1.74. The molecule has 0 atom stereocenters. The zero-order chi connectivity index (χ0) is 10.3. The van der Waals surface area contributed by atoms with Gasteiger partial charge in [-0.3, -0.25) is 9.97 Å². The highest BCUT2D eigenvalue weighted by Crippen LogP contribution is 2.26. The molecule has 1 aromatic carbocycles. The maximum Gasteiger partial charge on any atom is 0.0810 e. The number of aromatic nitrogens is 2. The summed E-state index contributed by atoms with van der Waals surface area (Å²) in [5, 5.41) is 2.74. The summed E-state index contributed by atoms with van der Waals surface area (Å²) in [4.78, 5) is 8.62. The predicted molar refractivity (Wildman–Crippen MR) is 62.1 cm³/mol. The fourth-order valence-corrected chi connectivity index (χ4v) is 1.94. The first-order chi connectivity index (χ1) is 7.36. The third-order valence-corrected chi connectivity index (χ3v) is 2.77. The van der Waals surface area contributed by atoms with Crippen molar-refractivity contribution in [2.45, 2.75) is 0 Å². The maximum atomic E-state index is 6.10. The molecular formula is C12H7ClN2. The van der Waals surface area contributed by atoms with Crippen molar-refractivity contribution in [1.82, 2.24) is 9.97 Å². The summed E-state index contributed by atoms with van der Waals surface area (Å²) in [6.07, 6.45) is 3.50. The standard InChI is InChI=1S/C12H7ClN2/c13-10-5-7-15-12-8(10)3-4-11-9(12)2-1-6-14-11/h1-7H. The van der Waals surface area contributed by atoms with E-state index < -0.39 is 0 Å². The summed E-state index contributed by atoms with van der Waals surface area (Å²) >= 11 is 6.10. The maximum absolute atomic E-state index is 6.10. The van der Waals surface area contributed by atoms with Crippen molar-refractivity contribution in [3.8, 4) is 0 Å². The molecule has 0 aliphatic carbocycles. The molecule has 0 spiro atoms. The van der Waals surface area contributed by atoms with E-state index in [2.05, 4.69) is 9.97 Å². The monoisotopic (exact) mass is 214 g/mol. The van der Waals surface area contributed by atoms with Crippen molar-refractivity contribution < 1.29 is 0 Å². The molecule has 0 amide bonds. The second-order valence-corrected chi connectivity index (χ2v) is 3.73. The van der Waals surface area contributed by atoms with Crippen molar-refractivity contribution in [2.75, 3.05) is 0 Å². The largest absolute Gasteiger partial charge is 0.256 e. The first kappa shape index (κ1) is 8.62. The second-order valence-electron chi connectivity index (χ2n) is 3.32. The van der Waals surface area contributed by atoms with Gasteiger partial charge in [-0.25, -0.2) is 0 Å². The van der Waals surface area contributed by atoms with E-state index >= 15 is 0 Å². The molecule has 72 valence electrons. The number of hydrogen-bond donors (Lipinski definition) is 0. The molecule has 2 nitrogen and oxygen atoms in total. The van der Waals surface area contributed by atoms with Crippen molar-refractivity contribution in [3.05, 3.63) is 47.7 Å². The van der Waals surface area contributed by atoms with E-state index in [0.717, 1.165) is 26.8 Å². The lowest BCUT2D eigenvalue weighted by molar-refractivity contribution is 1.39. The molecule has 0 saturated heterocycles. The van der Waals surface area contributed by atoms with Crippen LogP contribution in [0.1, 0.15) is 0 Å². The van der Waals surface area contributed by atoms with Crippen LogP contribution in [0.25, 0.3) is 21.8 Å². The van der Waals surface area contributed by atoms with Crippen molar-refractivity contribution in [1.29, 1.82) is 0 Å². The van der Waals surface area contributed by atoms with Crippen LogP contribution in [0.4, 0.5) is 0 Å². The van der Waals surface area contributed by atoms with Gasteiger partial charge in [0.1, 0.15) is 0 Å². The third-order valence-electron chi connectivity index (χ3n) is 2.44. The SMILES string of the molecule is Clc1ccnc2c1ccc1ncccc12. The van der Waals surface area contributed by atoms with Crippen LogP contribution < -0.4 is 0 Å². The Morgan fingerprint density at radius 3 is 2.73 bits per heavy atom. The Bertz CT molecular complexity index is 649. The van der Waals surface area contributed by atoms with Crippen LogP contribution in [0.5, 0.6) is 0 Å². The van der Waals surface area contributed by atoms with E-state index in [0.29, 0.717) is 0 Å². The van der Waals surface area contributed by atoms with Gasteiger partial charge in [0.2, 0.25) is 0 Å². The summed E-state index contributed by atoms with van der Waals surface area (Å²) in [7, 11) is 0. The van der Waals surface area contributed by atoms with Crippen LogP contribution in [-0.2, 0) is 0 Å². The molecule has 3 heteroatoms. The second kappa shape index (κ2) is 3.17. The Morgan fingerprint density at radius 1 is 0.867 bits per heavy atom. The van der Waals surface area contributed by atoms with Gasteiger partial charge in [0, 0.05) is 23.2 Å². The molecule has 0 fully saturated rings. The predicted octanol–water partition coefficient (Wildman–Crippen LogP) is 3.44. The molecule has 0 bridgehead atoms. The number of fused-ring (bicyclic) bond motifs is 3. The van der Waals surface area contributed by atoms with Gasteiger partial charge in [-0.15, -0.1) is 0 Å². The first-order valence-electron chi connectivity index (χ1n) is 4.64. The molecular weight excluding hydrogens is 208 g/mol. The highest BCUT2D eigenvalue weighted by molar-refractivity contribution is 6.36. The van der Waals surface area contributed by atoms with Gasteiger partial charge in [0.05, 0.1) is 16.1 Å². The molecule has 0 aliphatic heterocycles. The lowest BCUT2D eigenvalue weighted by Crippen LogP contribution is -1.83. The average Bonchev–Trinajstić information content (AvgIpc) is 2.29. The third kappa shape index (κ3) is 1.26. The summed E-state index contributed by atoms with van der Waals surface area (Å²) < 4.78 is 0. The first-order valence-corrected chi connectivity index (χ1v) is 5.02. The van der Waals surface area contributed by atoms with Crippen LogP contribution in [0.2, 0.25) is 5.02 Å². The van der Waals surface area contributed by atoms with E-state index in [1.54, 1.807) is 18.5 Å². The van der Waals surface area contributed by atoms with Crippen LogP contribution in [-0.4, -0.2) is 9.97 Å². The molecule has 2 heterocycles. The quantitative estimate of drug-likeness (QED) is 0.536.